The van der Waals surface area contributed by atoms with E-state index in [0.29, 0.717) is 15.9 Å². The minimum Gasteiger partial charge on any atom is -0.495 e. The maximum atomic E-state index is 14.3. The summed E-state index contributed by atoms with van der Waals surface area (Å²) in [5, 5.41) is 1.10. The number of methoxy groups -OCH3 is 1. The van der Waals surface area contributed by atoms with Crippen molar-refractivity contribution in [3.05, 3.63) is 99.8 Å². The fourth-order valence-corrected chi connectivity index (χ4v) is 6.08. The molecule has 0 bridgehead atoms. The van der Waals surface area contributed by atoms with E-state index in [4.69, 9.17) is 21.3 Å². The van der Waals surface area contributed by atoms with Gasteiger partial charge in [-0.25, -0.2) is 18.2 Å². The maximum absolute atomic E-state index is 14.3. The Kier molecular flexibility index (Phi) is 6.74. The molecule has 0 aliphatic heterocycles. The molecule has 5 rings (SSSR count). The van der Waals surface area contributed by atoms with Crippen LogP contribution in [0.1, 0.15) is 42.3 Å². The summed E-state index contributed by atoms with van der Waals surface area (Å²) < 4.78 is 49.9. The number of rotatable bonds is 6. The molecule has 1 aliphatic rings. The molecule has 0 radical (unpaired) electrons. The van der Waals surface area contributed by atoms with Crippen LogP contribution >= 0.6 is 23.4 Å². The lowest BCUT2D eigenvalue weighted by molar-refractivity contribution is 0.407. The minimum atomic E-state index is -0.703. The zero-order valence-corrected chi connectivity index (χ0v) is 21.3. The Balaban J connectivity index is 1.67. The second kappa shape index (κ2) is 9.82. The van der Waals surface area contributed by atoms with Crippen LogP contribution in [0.2, 0.25) is 5.02 Å². The summed E-state index contributed by atoms with van der Waals surface area (Å²) >= 11 is 7.54. The SMILES string of the molecule is COc1cc(C2(C)CCCc3nc(SCc4c(F)cncc4F)n(-c4ccc(F)cc4)c32)ccc1Cl. The lowest BCUT2D eigenvalue weighted by atomic mass is 9.71. The van der Waals surface area contributed by atoms with E-state index in [1.54, 1.807) is 19.2 Å². The third kappa shape index (κ3) is 4.37. The van der Waals surface area contributed by atoms with Crippen LogP contribution in [-0.4, -0.2) is 21.6 Å². The van der Waals surface area contributed by atoms with Crippen LogP contribution < -0.4 is 4.74 Å². The van der Waals surface area contributed by atoms with Gasteiger partial charge in [-0.3, -0.25) is 9.55 Å². The van der Waals surface area contributed by atoms with Crippen LogP contribution in [0.25, 0.3) is 5.69 Å². The predicted molar refractivity (Wildman–Crippen MR) is 135 cm³/mol. The van der Waals surface area contributed by atoms with Crippen LogP contribution in [0.4, 0.5) is 13.2 Å². The molecule has 1 aliphatic carbocycles. The number of hydrogen-bond donors (Lipinski definition) is 0. The molecule has 1 unspecified atom stereocenters. The van der Waals surface area contributed by atoms with Gasteiger partial charge in [-0.15, -0.1) is 0 Å². The van der Waals surface area contributed by atoms with Crippen LogP contribution in [0.3, 0.4) is 0 Å². The molecule has 0 fully saturated rings. The summed E-state index contributed by atoms with van der Waals surface area (Å²) in [7, 11) is 1.58. The standard InChI is InChI=1S/C27H23ClF3N3OS/c1-27(16-5-10-20(28)24(12-16)35-2)11-3-4-23-25(27)34(18-8-6-17(29)7-9-18)26(33-23)36-15-19-21(30)13-32-14-22(19)31/h5-10,12-14H,3-4,11,15H2,1-2H3. The number of hydrogen-bond acceptors (Lipinski definition) is 4. The third-order valence-electron chi connectivity index (χ3n) is 6.70. The highest BCUT2D eigenvalue weighted by molar-refractivity contribution is 7.98. The highest BCUT2D eigenvalue weighted by atomic mass is 35.5. The number of imidazole rings is 1. The fraction of sp³-hybridized carbons (Fsp3) is 0.259. The maximum Gasteiger partial charge on any atom is 0.173 e. The van der Waals surface area contributed by atoms with E-state index in [2.05, 4.69) is 11.9 Å². The number of fused-ring (bicyclic) bond motifs is 1. The van der Waals surface area contributed by atoms with E-state index >= 15 is 0 Å². The van der Waals surface area contributed by atoms with Gasteiger partial charge < -0.3 is 4.74 Å². The summed E-state index contributed by atoms with van der Waals surface area (Å²) in [4.78, 5) is 8.48. The molecular weight excluding hydrogens is 507 g/mol. The van der Waals surface area contributed by atoms with E-state index in [1.807, 2.05) is 22.8 Å². The molecule has 4 nitrogen and oxygen atoms in total. The average molecular weight is 530 g/mol. The molecule has 0 N–H and O–H groups in total. The molecule has 1 atom stereocenters. The number of ether oxygens (including phenoxy) is 1. The number of nitrogens with zero attached hydrogens (tertiary/aromatic N) is 3. The van der Waals surface area contributed by atoms with Gasteiger partial charge in [0.2, 0.25) is 0 Å². The first-order valence-corrected chi connectivity index (χ1v) is 12.8. The van der Waals surface area contributed by atoms with Crippen LogP contribution in [-0.2, 0) is 17.6 Å². The number of benzene rings is 2. The van der Waals surface area contributed by atoms with Crippen LogP contribution in [0, 0.1) is 17.5 Å². The summed E-state index contributed by atoms with van der Waals surface area (Å²) in [5.74, 6) is -1.15. The monoisotopic (exact) mass is 529 g/mol. The van der Waals surface area contributed by atoms with E-state index in [-0.39, 0.29) is 17.1 Å². The highest BCUT2D eigenvalue weighted by Crippen LogP contribution is 2.46. The Bertz CT molecular complexity index is 1410. The van der Waals surface area contributed by atoms with E-state index in [0.717, 1.165) is 54.3 Å². The van der Waals surface area contributed by atoms with Gasteiger partial charge in [0.15, 0.2) is 5.16 Å². The third-order valence-corrected chi connectivity index (χ3v) is 7.98. The lowest BCUT2D eigenvalue weighted by Crippen LogP contribution is -2.31. The van der Waals surface area contributed by atoms with Crippen molar-refractivity contribution in [2.24, 2.45) is 0 Å². The minimum absolute atomic E-state index is 0.0305. The van der Waals surface area contributed by atoms with Crippen molar-refractivity contribution in [3.8, 4) is 11.4 Å². The number of aryl methyl sites for hydroxylation is 1. The van der Waals surface area contributed by atoms with Gasteiger partial charge in [0.05, 0.1) is 35.9 Å². The molecule has 2 aromatic heterocycles. The molecule has 4 aromatic rings. The smallest absolute Gasteiger partial charge is 0.173 e. The number of aromatic nitrogens is 3. The summed E-state index contributed by atoms with van der Waals surface area (Å²) in [6, 6.07) is 11.9. The Labute approximate surface area is 216 Å². The van der Waals surface area contributed by atoms with Crippen molar-refractivity contribution in [1.82, 2.24) is 14.5 Å². The Morgan fingerprint density at radius 2 is 1.81 bits per heavy atom. The highest BCUT2D eigenvalue weighted by Gasteiger charge is 2.40. The molecule has 0 saturated carbocycles. The first kappa shape index (κ1) is 24.7. The second-order valence-corrected chi connectivity index (χ2v) is 10.3. The van der Waals surface area contributed by atoms with Crippen molar-refractivity contribution in [3.63, 3.8) is 0 Å². The zero-order chi connectivity index (χ0) is 25.4. The van der Waals surface area contributed by atoms with Crippen LogP contribution in [0.5, 0.6) is 5.75 Å². The number of thioether (sulfide) groups is 1. The Morgan fingerprint density at radius 1 is 1.08 bits per heavy atom. The van der Waals surface area contributed by atoms with Gasteiger partial charge in [0.25, 0.3) is 0 Å². The molecule has 0 spiro atoms. The fourth-order valence-electron chi connectivity index (χ4n) is 4.83. The van der Waals surface area contributed by atoms with Gasteiger partial charge in [-0.05, 0) is 68.1 Å². The average Bonchev–Trinajstić information content (AvgIpc) is 3.24. The van der Waals surface area contributed by atoms with Gasteiger partial charge in [0, 0.05) is 22.4 Å². The molecule has 2 aromatic carbocycles. The van der Waals surface area contributed by atoms with Crippen molar-refractivity contribution in [2.45, 2.75) is 42.5 Å². The first-order valence-electron chi connectivity index (χ1n) is 11.4. The van der Waals surface area contributed by atoms with Gasteiger partial charge in [-0.2, -0.15) is 0 Å². The Morgan fingerprint density at radius 3 is 2.50 bits per heavy atom. The largest absolute Gasteiger partial charge is 0.495 e. The van der Waals surface area contributed by atoms with Crippen molar-refractivity contribution in [2.75, 3.05) is 7.11 Å². The molecule has 0 saturated heterocycles. The van der Waals surface area contributed by atoms with E-state index in [9.17, 15) is 13.2 Å². The van der Waals surface area contributed by atoms with E-state index in [1.165, 1.54) is 23.9 Å². The summed E-state index contributed by atoms with van der Waals surface area (Å²) in [6.07, 6.45) is 4.51. The molecule has 186 valence electrons. The first-order chi connectivity index (χ1) is 17.3. The normalized spacial score (nSPS) is 17.2. The lowest BCUT2D eigenvalue weighted by Gasteiger charge is -2.36. The van der Waals surface area contributed by atoms with Crippen molar-refractivity contribution in [1.29, 1.82) is 0 Å². The number of halogens is 4. The van der Waals surface area contributed by atoms with Gasteiger partial charge in [-0.1, -0.05) is 29.4 Å². The molecule has 2 heterocycles. The Hall–Kier alpha value is -2.97. The predicted octanol–water partition coefficient (Wildman–Crippen LogP) is 7.28. The summed E-state index contributed by atoms with van der Waals surface area (Å²) in [5.41, 5.74) is 3.07. The molecular formula is C27H23ClF3N3OS. The molecule has 0 amide bonds. The van der Waals surface area contributed by atoms with E-state index < -0.39 is 17.0 Å². The number of pyridine rings is 1. The zero-order valence-electron chi connectivity index (χ0n) is 19.7. The topological polar surface area (TPSA) is 39.9 Å². The second-order valence-electron chi connectivity index (χ2n) is 8.91. The van der Waals surface area contributed by atoms with Gasteiger partial charge >= 0.3 is 0 Å². The van der Waals surface area contributed by atoms with Crippen molar-refractivity contribution < 1.29 is 17.9 Å². The quantitative estimate of drug-likeness (QED) is 0.246. The van der Waals surface area contributed by atoms with Crippen molar-refractivity contribution >= 4 is 23.4 Å². The molecule has 9 heteroatoms. The van der Waals surface area contributed by atoms with Gasteiger partial charge in [0.1, 0.15) is 23.2 Å². The van der Waals surface area contributed by atoms with Crippen LogP contribution in [0.15, 0.2) is 60.0 Å². The summed E-state index contributed by atoms with van der Waals surface area (Å²) in [6.45, 7) is 2.14. The molecule has 36 heavy (non-hydrogen) atoms.